The molecule has 7 heteroatoms. The third-order valence-corrected chi connectivity index (χ3v) is 4.49. The SMILES string of the molecule is CC(C)Cn1ccc2cc(NC(=O)/C=C/c3cn(C)c(=O)n(C)c3=O)ccc21. The van der Waals surface area contributed by atoms with Crippen LogP contribution in [0.3, 0.4) is 0 Å². The molecule has 1 amide bonds. The highest BCUT2D eigenvalue weighted by Gasteiger charge is 2.07. The Hall–Kier alpha value is -3.35. The van der Waals surface area contributed by atoms with Crippen LogP contribution in [-0.2, 0) is 25.4 Å². The minimum Gasteiger partial charge on any atom is -0.347 e. The number of hydrogen-bond donors (Lipinski definition) is 1. The van der Waals surface area contributed by atoms with E-state index in [4.69, 9.17) is 0 Å². The normalized spacial score (nSPS) is 11.6. The highest BCUT2D eigenvalue weighted by Crippen LogP contribution is 2.21. The number of rotatable bonds is 5. The van der Waals surface area contributed by atoms with Gasteiger partial charge in [0, 0.05) is 55.7 Å². The molecule has 1 aromatic carbocycles. The first-order valence-electron chi connectivity index (χ1n) is 9.11. The summed E-state index contributed by atoms with van der Waals surface area (Å²) in [6.45, 7) is 5.28. The summed E-state index contributed by atoms with van der Waals surface area (Å²) in [6.07, 6.45) is 6.16. The molecule has 0 aliphatic heterocycles. The summed E-state index contributed by atoms with van der Waals surface area (Å²) < 4.78 is 4.50. The molecule has 1 N–H and O–H groups in total. The number of nitrogens with one attached hydrogen (secondary N) is 1. The summed E-state index contributed by atoms with van der Waals surface area (Å²) in [6, 6.07) is 7.79. The Morgan fingerprint density at radius 2 is 1.93 bits per heavy atom. The van der Waals surface area contributed by atoms with Crippen molar-refractivity contribution in [2.75, 3.05) is 5.32 Å². The third kappa shape index (κ3) is 3.98. The van der Waals surface area contributed by atoms with Gasteiger partial charge in [0.15, 0.2) is 0 Å². The monoisotopic (exact) mass is 380 g/mol. The molecule has 0 unspecified atom stereocenters. The van der Waals surface area contributed by atoms with Gasteiger partial charge in [-0.3, -0.25) is 14.2 Å². The van der Waals surface area contributed by atoms with Gasteiger partial charge in [0.1, 0.15) is 0 Å². The van der Waals surface area contributed by atoms with Gasteiger partial charge in [0.2, 0.25) is 5.91 Å². The van der Waals surface area contributed by atoms with E-state index in [9.17, 15) is 14.4 Å². The summed E-state index contributed by atoms with van der Waals surface area (Å²) >= 11 is 0. The zero-order valence-electron chi connectivity index (χ0n) is 16.5. The molecule has 3 aromatic rings. The van der Waals surface area contributed by atoms with E-state index in [2.05, 4.69) is 23.7 Å². The average Bonchev–Trinajstić information content (AvgIpc) is 3.03. The second kappa shape index (κ2) is 7.72. The van der Waals surface area contributed by atoms with Crippen LogP contribution in [0, 0.1) is 5.92 Å². The minimum absolute atomic E-state index is 0.265. The van der Waals surface area contributed by atoms with Crippen molar-refractivity contribution in [3.8, 4) is 0 Å². The van der Waals surface area contributed by atoms with Crippen molar-refractivity contribution in [1.82, 2.24) is 13.7 Å². The summed E-state index contributed by atoms with van der Waals surface area (Å²) in [5.74, 6) is 0.196. The first kappa shape index (κ1) is 19.4. The molecule has 0 fully saturated rings. The number of anilines is 1. The van der Waals surface area contributed by atoms with Gasteiger partial charge in [-0.25, -0.2) is 4.79 Å². The Morgan fingerprint density at radius 3 is 2.64 bits per heavy atom. The fraction of sp³-hybridized carbons (Fsp3) is 0.286. The molecule has 0 radical (unpaired) electrons. The highest BCUT2D eigenvalue weighted by atomic mass is 16.2. The van der Waals surface area contributed by atoms with Crippen molar-refractivity contribution < 1.29 is 4.79 Å². The zero-order chi connectivity index (χ0) is 20.4. The number of nitrogens with zero attached hydrogens (tertiary/aromatic N) is 3. The first-order valence-corrected chi connectivity index (χ1v) is 9.11. The second-order valence-corrected chi connectivity index (χ2v) is 7.30. The molecular weight excluding hydrogens is 356 g/mol. The molecule has 7 nitrogen and oxygen atoms in total. The Kier molecular flexibility index (Phi) is 5.35. The Labute approximate surface area is 162 Å². The van der Waals surface area contributed by atoms with Gasteiger partial charge in [-0.05, 0) is 36.3 Å². The van der Waals surface area contributed by atoms with Gasteiger partial charge in [-0.15, -0.1) is 0 Å². The summed E-state index contributed by atoms with van der Waals surface area (Å²) in [5.41, 5.74) is 1.21. The van der Waals surface area contributed by atoms with Crippen LogP contribution in [0.25, 0.3) is 17.0 Å². The molecule has 0 spiro atoms. The molecule has 146 valence electrons. The molecule has 3 rings (SSSR count). The lowest BCUT2D eigenvalue weighted by Crippen LogP contribution is -2.37. The van der Waals surface area contributed by atoms with Gasteiger partial charge in [-0.1, -0.05) is 13.8 Å². The lowest BCUT2D eigenvalue weighted by molar-refractivity contribution is -0.111. The molecule has 0 bridgehead atoms. The minimum atomic E-state index is -0.444. The van der Waals surface area contributed by atoms with Crippen molar-refractivity contribution >= 4 is 28.6 Å². The van der Waals surface area contributed by atoms with Crippen LogP contribution in [0.2, 0.25) is 0 Å². The quantitative estimate of drug-likeness (QED) is 0.690. The van der Waals surface area contributed by atoms with E-state index in [1.54, 1.807) is 7.05 Å². The number of fused-ring (bicyclic) bond motifs is 1. The fourth-order valence-corrected chi connectivity index (χ4v) is 3.13. The second-order valence-electron chi connectivity index (χ2n) is 7.30. The lowest BCUT2D eigenvalue weighted by atomic mass is 10.2. The zero-order valence-corrected chi connectivity index (χ0v) is 16.5. The summed E-state index contributed by atoms with van der Waals surface area (Å²) in [4.78, 5) is 36.1. The summed E-state index contributed by atoms with van der Waals surface area (Å²) in [7, 11) is 2.96. The number of benzene rings is 1. The van der Waals surface area contributed by atoms with Crippen LogP contribution in [0.15, 0.2) is 52.3 Å². The van der Waals surface area contributed by atoms with E-state index >= 15 is 0 Å². The number of carbonyl (C=O) groups excluding carboxylic acids is 1. The molecule has 0 saturated carbocycles. The van der Waals surface area contributed by atoms with E-state index in [-0.39, 0.29) is 11.5 Å². The average molecular weight is 380 g/mol. The standard InChI is InChI=1S/C21H24N4O3/c1-14(2)12-25-10-9-15-11-17(6-7-18(15)25)22-19(26)8-5-16-13-23(3)21(28)24(4)20(16)27/h5-11,13-14H,12H2,1-4H3,(H,22,26)/b8-5+. The maximum Gasteiger partial charge on any atom is 0.330 e. The third-order valence-electron chi connectivity index (χ3n) is 4.49. The van der Waals surface area contributed by atoms with Crippen molar-refractivity contribution in [2.45, 2.75) is 20.4 Å². The number of carbonyl (C=O) groups is 1. The highest BCUT2D eigenvalue weighted by molar-refractivity contribution is 6.02. The van der Waals surface area contributed by atoms with Crippen LogP contribution >= 0.6 is 0 Å². The van der Waals surface area contributed by atoms with Gasteiger partial charge in [0.25, 0.3) is 5.56 Å². The molecule has 0 aliphatic rings. The molecular formula is C21H24N4O3. The number of hydrogen-bond acceptors (Lipinski definition) is 3. The maximum absolute atomic E-state index is 12.2. The van der Waals surface area contributed by atoms with E-state index in [0.29, 0.717) is 11.6 Å². The van der Waals surface area contributed by atoms with Crippen LogP contribution in [-0.4, -0.2) is 19.6 Å². The smallest absolute Gasteiger partial charge is 0.330 e. The van der Waals surface area contributed by atoms with Crippen molar-refractivity contribution in [3.05, 3.63) is 69.1 Å². The molecule has 0 atom stereocenters. The van der Waals surface area contributed by atoms with Gasteiger partial charge >= 0.3 is 5.69 Å². The van der Waals surface area contributed by atoms with Gasteiger partial charge < -0.3 is 14.5 Å². The van der Waals surface area contributed by atoms with Crippen LogP contribution in [0.4, 0.5) is 5.69 Å². The fourth-order valence-electron chi connectivity index (χ4n) is 3.13. The largest absolute Gasteiger partial charge is 0.347 e. The first-order chi connectivity index (χ1) is 13.3. The summed E-state index contributed by atoms with van der Waals surface area (Å²) in [5, 5.41) is 3.85. The molecule has 2 heterocycles. The van der Waals surface area contributed by atoms with Crippen molar-refractivity contribution in [2.24, 2.45) is 20.0 Å². The predicted molar refractivity (Wildman–Crippen MR) is 111 cm³/mol. The number of aromatic nitrogens is 3. The van der Waals surface area contributed by atoms with E-state index in [0.717, 1.165) is 22.0 Å². The van der Waals surface area contributed by atoms with Crippen molar-refractivity contribution in [1.29, 1.82) is 0 Å². The molecule has 28 heavy (non-hydrogen) atoms. The van der Waals surface area contributed by atoms with Crippen LogP contribution in [0.5, 0.6) is 0 Å². The Bertz CT molecular complexity index is 1180. The Balaban J connectivity index is 1.77. The van der Waals surface area contributed by atoms with E-state index in [1.165, 1.54) is 30.0 Å². The lowest BCUT2D eigenvalue weighted by Gasteiger charge is -2.09. The van der Waals surface area contributed by atoms with Crippen molar-refractivity contribution in [3.63, 3.8) is 0 Å². The van der Waals surface area contributed by atoms with Gasteiger partial charge in [0.05, 0.1) is 5.56 Å². The van der Waals surface area contributed by atoms with Crippen LogP contribution < -0.4 is 16.6 Å². The number of amides is 1. The van der Waals surface area contributed by atoms with E-state index in [1.807, 2.05) is 30.5 Å². The number of aryl methyl sites for hydroxylation is 1. The predicted octanol–water partition coefficient (Wildman–Crippen LogP) is 2.35. The van der Waals surface area contributed by atoms with Crippen LogP contribution in [0.1, 0.15) is 19.4 Å². The molecule has 0 aliphatic carbocycles. The molecule has 0 saturated heterocycles. The Morgan fingerprint density at radius 1 is 1.18 bits per heavy atom. The molecule has 2 aromatic heterocycles. The topological polar surface area (TPSA) is 78.0 Å². The van der Waals surface area contributed by atoms with E-state index < -0.39 is 11.2 Å². The van der Waals surface area contributed by atoms with Gasteiger partial charge in [-0.2, -0.15) is 0 Å². The maximum atomic E-state index is 12.2.